The van der Waals surface area contributed by atoms with Crippen LogP contribution in [0.3, 0.4) is 0 Å². The Labute approximate surface area is 81.6 Å². The lowest BCUT2D eigenvalue weighted by Crippen LogP contribution is -2.24. The van der Waals surface area contributed by atoms with Crippen LogP contribution in [0.2, 0.25) is 0 Å². The van der Waals surface area contributed by atoms with E-state index in [2.05, 4.69) is 13.8 Å². The third-order valence-electron chi connectivity index (χ3n) is 1.84. The third-order valence-corrected chi connectivity index (χ3v) is 1.84. The van der Waals surface area contributed by atoms with Gasteiger partial charge in [0.25, 0.3) is 0 Å². The first-order valence-electron chi connectivity index (χ1n) is 4.99. The van der Waals surface area contributed by atoms with Crippen LogP contribution in [-0.4, -0.2) is 33.0 Å². The van der Waals surface area contributed by atoms with Crippen LogP contribution < -0.4 is 5.73 Å². The van der Waals surface area contributed by atoms with Crippen LogP contribution >= 0.6 is 0 Å². The smallest absolute Gasteiger partial charge is 0.0700 e. The minimum absolute atomic E-state index is 0.280. The average molecular weight is 189 g/mol. The number of rotatable bonds is 8. The third kappa shape index (κ3) is 9.80. The summed E-state index contributed by atoms with van der Waals surface area (Å²) < 4.78 is 10.2. The summed E-state index contributed by atoms with van der Waals surface area (Å²) in [5.74, 6) is 0.675. The minimum Gasteiger partial charge on any atom is -0.382 e. The molecule has 3 heteroatoms. The van der Waals surface area contributed by atoms with Crippen molar-refractivity contribution in [3.05, 3.63) is 0 Å². The second-order valence-corrected chi connectivity index (χ2v) is 3.78. The fraction of sp³-hybridized carbons (Fsp3) is 1.00. The Kier molecular flexibility index (Phi) is 8.40. The Morgan fingerprint density at radius 3 is 2.38 bits per heavy atom. The Morgan fingerprint density at radius 2 is 1.85 bits per heavy atom. The molecule has 3 nitrogen and oxygen atoms in total. The van der Waals surface area contributed by atoms with Crippen molar-refractivity contribution in [2.45, 2.75) is 32.7 Å². The molecule has 1 unspecified atom stereocenters. The van der Waals surface area contributed by atoms with E-state index >= 15 is 0 Å². The van der Waals surface area contributed by atoms with E-state index in [1.54, 1.807) is 7.11 Å². The van der Waals surface area contributed by atoms with E-state index in [9.17, 15) is 0 Å². The lowest BCUT2D eigenvalue weighted by Gasteiger charge is -2.13. The molecule has 0 saturated carbocycles. The highest BCUT2D eigenvalue weighted by molar-refractivity contribution is 4.62. The molecule has 0 bridgehead atoms. The molecular formula is C10H23NO2. The van der Waals surface area contributed by atoms with E-state index in [0.717, 1.165) is 19.4 Å². The van der Waals surface area contributed by atoms with Gasteiger partial charge in [-0.25, -0.2) is 0 Å². The van der Waals surface area contributed by atoms with Gasteiger partial charge < -0.3 is 15.2 Å². The summed E-state index contributed by atoms with van der Waals surface area (Å²) in [7, 11) is 1.67. The molecular weight excluding hydrogens is 166 g/mol. The van der Waals surface area contributed by atoms with Gasteiger partial charge in [-0.2, -0.15) is 0 Å². The SMILES string of the molecule is COCCOCCC(N)CC(C)C. The molecule has 0 aromatic rings. The quantitative estimate of drug-likeness (QED) is 0.587. The molecule has 0 heterocycles. The molecule has 0 saturated heterocycles. The van der Waals surface area contributed by atoms with Crippen molar-refractivity contribution in [1.29, 1.82) is 0 Å². The van der Waals surface area contributed by atoms with Gasteiger partial charge >= 0.3 is 0 Å². The highest BCUT2D eigenvalue weighted by atomic mass is 16.5. The van der Waals surface area contributed by atoms with Gasteiger partial charge in [0.1, 0.15) is 0 Å². The number of methoxy groups -OCH3 is 1. The van der Waals surface area contributed by atoms with Gasteiger partial charge in [-0.3, -0.25) is 0 Å². The maximum atomic E-state index is 5.88. The lowest BCUT2D eigenvalue weighted by molar-refractivity contribution is 0.0665. The fourth-order valence-corrected chi connectivity index (χ4v) is 1.20. The Balaban J connectivity index is 3.12. The zero-order valence-corrected chi connectivity index (χ0v) is 9.08. The van der Waals surface area contributed by atoms with Crippen LogP contribution in [0.1, 0.15) is 26.7 Å². The van der Waals surface area contributed by atoms with Gasteiger partial charge in [-0.15, -0.1) is 0 Å². The molecule has 0 aliphatic carbocycles. The number of ether oxygens (including phenoxy) is 2. The van der Waals surface area contributed by atoms with Crippen molar-refractivity contribution in [3.63, 3.8) is 0 Å². The molecule has 0 rings (SSSR count). The monoisotopic (exact) mass is 189 g/mol. The van der Waals surface area contributed by atoms with Gasteiger partial charge in [0.2, 0.25) is 0 Å². The predicted octanol–water partition coefficient (Wildman–Crippen LogP) is 1.41. The molecule has 1 atom stereocenters. The summed E-state index contributed by atoms with van der Waals surface area (Å²) >= 11 is 0. The second-order valence-electron chi connectivity index (χ2n) is 3.78. The molecule has 80 valence electrons. The first-order valence-corrected chi connectivity index (χ1v) is 4.99. The standard InChI is InChI=1S/C10H23NO2/c1-9(2)8-10(11)4-5-13-7-6-12-3/h9-10H,4-8,11H2,1-3H3. The van der Waals surface area contributed by atoms with Gasteiger partial charge in [-0.1, -0.05) is 13.8 Å². The number of nitrogens with two attached hydrogens (primary N) is 1. The topological polar surface area (TPSA) is 44.5 Å². The van der Waals surface area contributed by atoms with Gasteiger partial charge in [-0.05, 0) is 18.8 Å². The summed E-state index contributed by atoms with van der Waals surface area (Å²) in [6.45, 7) is 6.46. The summed E-state index contributed by atoms with van der Waals surface area (Å²) in [5.41, 5.74) is 5.88. The van der Waals surface area contributed by atoms with Crippen LogP contribution in [0, 0.1) is 5.92 Å². The van der Waals surface area contributed by atoms with Crippen LogP contribution in [0.25, 0.3) is 0 Å². The van der Waals surface area contributed by atoms with Crippen molar-refractivity contribution < 1.29 is 9.47 Å². The molecule has 0 aromatic heterocycles. The van der Waals surface area contributed by atoms with E-state index in [1.165, 1.54) is 0 Å². The van der Waals surface area contributed by atoms with E-state index in [-0.39, 0.29) is 6.04 Å². The Bertz CT molecular complexity index is 107. The van der Waals surface area contributed by atoms with E-state index < -0.39 is 0 Å². The maximum Gasteiger partial charge on any atom is 0.0700 e. The number of hydrogen-bond acceptors (Lipinski definition) is 3. The zero-order chi connectivity index (χ0) is 10.1. The average Bonchev–Trinajstić information content (AvgIpc) is 2.02. The van der Waals surface area contributed by atoms with E-state index in [0.29, 0.717) is 19.1 Å². The highest BCUT2D eigenvalue weighted by Gasteiger charge is 2.04. The van der Waals surface area contributed by atoms with Crippen LogP contribution in [-0.2, 0) is 9.47 Å². The fourth-order valence-electron chi connectivity index (χ4n) is 1.20. The maximum absolute atomic E-state index is 5.88. The summed E-state index contributed by atoms with van der Waals surface area (Å²) in [6, 6.07) is 0.280. The number of hydrogen-bond donors (Lipinski definition) is 1. The molecule has 0 aliphatic heterocycles. The van der Waals surface area contributed by atoms with E-state index in [1.807, 2.05) is 0 Å². The van der Waals surface area contributed by atoms with Crippen LogP contribution in [0.15, 0.2) is 0 Å². The van der Waals surface area contributed by atoms with Crippen molar-refractivity contribution in [1.82, 2.24) is 0 Å². The molecule has 0 spiro atoms. The van der Waals surface area contributed by atoms with Gasteiger partial charge in [0.15, 0.2) is 0 Å². The zero-order valence-electron chi connectivity index (χ0n) is 9.08. The highest BCUT2D eigenvalue weighted by Crippen LogP contribution is 2.05. The molecule has 13 heavy (non-hydrogen) atoms. The molecule has 0 fully saturated rings. The summed E-state index contributed by atoms with van der Waals surface area (Å²) in [5, 5.41) is 0. The van der Waals surface area contributed by atoms with Crippen molar-refractivity contribution in [2.75, 3.05) is 26.9 Å². The van der Waals surface area contributed by atoms with Crippen molar-refractivity contribution >= 4 is 0 Å². The molecule has 0 aliphatic rings. The Morgan fingerprint density at radius 1 is 1.15 bits per heavy atom. The first-order chi connectivity index (χ1) is 6.16. The molecule has 0 aromatic carbocycles. The second kappa shape index (κ2) is 8.48. The largest absolute Gasteiger partial charge is 0.382 e. The van der Waals surface area contributed by atoms with Crippen molar-refractivity contribution in [2.24, 2.45) is 11.7 Å². The Hall–Kier alpha value is -0.120. The van der Waals surface area contributed by atoms with E-state index in [4.69, 9.17) is 15.2 Å². The molecule has 0 amide bonds. The lowest BCUT2D eigenvalue weighted by atomic mass is 10.0. The van der Waals surface area contributed by atoms with Gasteiger partial charge in [0, 0.05) is 19.8 Å². The molecule has 2 N–H and O–H groups in total. The van der Waals surface area contributed by atoms with Crippen LogP contribution in [0.5, 0.6) is 0 Å². The van der Waals surface area contributed by atoms with Crippen molar-refractivity contribution in [3.8, 4) is 0 Å². The summed E-state index contributed by atoms with van der Waals surface area (Å²) in [6.07, 6.45) is 2.02. The predicted molar refractivity (Wildman–Crippen MR) is 54.7 cm³/mol. The van der Waals surface area contributed by atoms with Crippen LogP contribution in [0.4, 0.5) is 0 Å². The van der Waals surface area contributed by atoms with Gasteiger partial charge in [0.05, 0.1) is 13.2 Å². The summed E-state index contributed by atoms with van der Waals surface area (Å²) in [4.78, 5) is 0. The molecule has 0 radical (unpaired) electrons. The normalized spacial score (nSPS) is 13.6. The first kappa shape index (κ1) is 12.9. The minimum atomic E-state index is 0.280.